The van der Waals surface area contributed by atoms with E-state index in [1.807, 2.05) is 6.92 Å². The smallest absolute Gasteiger partial charge is 0.272 e. The molecule has 0 aliphatic heterocycles. The predicted molar refractivity (Wildman–Crippen MR) is 82.2 cm³/mol. The molecule has 0 aliphatic rings. The van der Waals surface area contributed by atoms with Gasteiger partial charge in [0.2, 0.25) is 0 Å². The maximum absolute atomic E-state index is 12.2. The third-order valence-corrected chi connectivity index (χ3v) is 3.71. The summed E-state index contributed by atoms with van der Waals surface area (Å²) >= 11 is 15.1. The molecule has 1 N–H and O–H groups in total. The number of hydrogen-bond acceptors (Lipinski definition) is 1. The molecule has 0 spiro atoms. The second kappa shape index (κ2) is 5.99. The highest BCUT2D eigenvalue weighted by molar-refractivity contribution is 9.10. The van der Waals surface area contributed by atoms with Crippen molar-refractivity contribution in [1.29, 1.82) is 0 Å². The van der Waals surface area contributed by atoms with E-state index >= 15 is 0 Å². The summed E-state index contributed by atoms with van der Waals surface area (Å²) in [4.78, 5) is 12.2. The summed E-state index contributed by atoms with van der Waals surface area (Å²) < 4.78 is 2.52. The first-order valence-corrected chi connectivity index (χ1v) is 7.18. The Morgan fingerprint density at radius 2 is 2.05 bits per heavy atom. The fourth-order valence-corrected chi connectivity index (χ4v) is 2.71. The van der Waals surface area contributed by atoms with E-state index in [1.54, 1.807) is 35.0 Å². The van der Waals surface area contributed by atoms with E-state index < -0.39 is 0 Å². The summed E-state index contributed by atoms with van der Waals surface area (Å²) in [7, 11) is 0. The second-order valence-corrected chi connectivity index (χ2v) is 5.64. The lowest BCUT2D eigenvalue weighted by molar-refractivity contribution is 0.101. The first-order chi connectivity index (χ1) is 9.01. The number of halogens is 3. The maximum atomic E-state index is 12.2. The third-order valence-electron chi connectivity index (χ3n) is 2.62. The Morgan fingerprint density at radius 3 is 2.68 bits per heavy atom. The van der Waals surface area contributed by atoms with Crippen LogP contribution < -0.4 is 5.32 Å². The molecule has 0 bridgehead atoms. The van der Waals surface area contributed by atoms with Crippen LogP contribution >= 0.6 is 39.1 Å². The molecule has 3 nitrogen and oxygen atoms in total. The topological polar surface area (TPSA) is 34.0 Å². The number of aryl methyl sites for hydroxylation is 1. The van der Waals surface area contributed by atoms with Crippen LogP contribution in [0.3, 0.4) is 0 Å². The van der Waals surface area contributed by atoms with Crippen molar-refractivity contribution in [2.24, 2.45) is 0 Å². The van der Waals surface area contributed by atoms with Crippen LogP contribution in [0.25, 0.3) is 0 Å². The van der Waals surface area contributed by atoms with Gasteiger partial charge >= 0.3 is 0 Å². The Kier molecular flexibility index (Phi) is 4.55. The van der Waals surface area contributed by atoms with Gasteiger partial charge in [-0.05, 0) is 47.1 Å². The van der Waals surface area contributed by atoms with Crippen LogP contribution in [0.5, 0.6) is 0 Å². The van der Waals surface area contributed by atoms with Crippen molar-refractivity contribution in [3.8, 4) is 0 Å². The Labute approximate surface area is 129 Å². The Hall–Kier alpha value is -0.970. The first-order valence-electron chi connectivity index (χ1n) is 5.63. The fraction of sp³-hybridized carbons (Fsp3) is 0.154. The Balaban J connectivity index is 2.25. The van der Waals surface area contributed by atoms with Crippen molar-refractivity contribution in [3.05, 3.63) is 50.7 Å². The lowest BCUT2D eigenvalue weighted by Gasteiger charge is -2.09. The van der Waals surface area contributed by atoms with E-state index in [0.717, 1.165) is 4.47 Å². The van der Waals surface area contributed by atoms with E-state index in [9.17, 15) is 4.79 Å². The van der Waals surface area contributed by atoms with Gasteiger partial charge in [0.1, 0.15) is 5.69 Å². The normalized spacial score (nSPS) is 10.5. The molecule has 2 aromatic rings. The SMILES string of the molecule is CCn1cc(Cl)cc1C(=O)Nc1ccc(Cl)cc1Br. The highest BCUT2D eigenvalue weighted by Gasteiger charge is 2.13. The lowest BCUT2D eigenvalue weighted by atomic mass is 10.3. The number of amides is 1. The quantitative estimate of drug-likeness (QED) is 0.834. The number of aromatic nitrogens is 1. The van der Waals surface area contributed by atoms with Crippen molar-refractivity contribution >= 4 is 50.7 Å². The van der Waals surface area contributed by atoms with E-state index in [1.165, 1.54) is 0 Å². The van der Waals surface area contributed by atoms with Gasteiger partial charge in [-0.1, -0.05) is 23.2 Å². The van der Waals surface area contributed by atoms with Crippen molar-refractivity contribution in [2.45, 2.75) is 13.5 Å². The monoisotopic (exact) mass is 360 g/mol. The first kappa shape index (κ1) is 14.4. The average molecular weight is 362 g/mol. The second-order valence-electron chi connectivity index (χ2n) is 3.91. The largest absolute Gasteiger partial charge is 0.342 e. The Morgan fingerprint density at radius 1 is 1.32 bits per heavy atom. The summed E-state index contributed by atoms with van der Waals surface area (Å²) in [5.74, 6) is -0.211. The van der Waals surface area contributed by atoms with Gasteiger partial charge in [0, 0.05) is 22.2 Å². The van der Waals surface area contributed by atoms with E-state index in [4.69, 9.17) is 23.2 Å². The van der Waals surface area contributed by atoms with Crippen LogP contribution in [-0.2, 0) is 6.54 Å². The fourth-order valence-electron chi connectivity index (χ4n) is 1.70. The zero-order valence-corrected chi connectivity index (χ0v) is 13.2. The molecule has 0 unspecified atom stereocenters. The number of carbonyl (C=O) groups is 1. The average Bonchev–Trinajstić information content (AvgIpc) is 2.74. The van der Waals surface area contributed by atoms with Crippen molar-refractivity contribution in [2.75, 3.05) is 5.32 Å². The maximum Gasteiger partial charge on any atom is 0.272 e. The van der Waals surface area contributed by atoms with Crippen LogP contribution in [0.1, 0.15) is 17.4 Å². The van der Waals surface area contributed by atoms with Gasteiger partial charge in [-0.3, -0.25) is 4.79 Å². The van der Waals surface area contributed by atoms with Gasteiger partial charge in [0.25, 0.3) is 5.91 Å². The molecule has 1 amide bonds. The minimum atomic E-state index is -0.211. The van der Waals surface area contributed by atoms with Gasteiger partial charge in [0.15, 0.2) is 0 Å². The van der Waals surface area contributed by atoms with Crippen molar-refractivity contribution in [3.63, 3.8) is 0 Å². The highest BCUT2D eigenvalue weighted by atomic mass is 79.9. The molecule has 0 atom stereocenters. The third kappa shape index (κ3) is 3.32. The van der Waals surface area contributed by atoms with Gasteiger partial charge in [-0.15, -0.1) is 0 Å². The van der Waals surface area contributed by atoms with Crippen LogP contribution in [-0.4, -0.2) is 10.5 Å². The van der Waals surface area contributed by atoms with Crippen LogP contribution in [0.15, 0.2) is 34.9 Å². The predicted octanol–water partition coefficient (Wildman–Crippen LogP) is 4.83. The molecular formula is C13H11BrCl2N2O. The van der Waals surface area contributed by atoms with Gasteiger partial charge in [0.05, 0.1) is 10.7 Å². The molecule has 0 saturated heterocycles. The molecule has 0 aliphatic carbocycles. The molecule has 1 aromatic heterocycles. The van der Waals surface area contributed by atoms with E-state index in [-0.39, 0.29) is 5.91 Å². The number of benzene rings is 1. The molecule has 6 heteroatoms. The standard InChI is InChI=1S/C13H11BrCl2N2O/c1-2-18-7-9(16)6-12(18)13(19)17-11-4-3-8(15)5-10(11)14/h3-7H,2H2,1H3,(H,17,19). The lowest BCUT2D eigenvalue weighted by Crippen LogP contribution is -2.16. The highest BCUT2D eigenvalue weighted by Crippen LogP contribution is 2.26. The minimum absolute atomic E-state index is 0.211. The van der Waals surface area contributed by atoms with Gasteiger partial charge in [-0.25, -0.2) is 0 Å². The van der Waals surface area contributed by atoms with Gasteiger partial charge < -0.3 is 9.88 Å². The molecular weight excluding hydrogens is 351 g/mol. The number of nitrogens with zero attached hydrogens (tertiary/aromatic N) is 1. The summed E-state index contributed by atoms with van der Waals surface area (Å²) in [6.45, 7) is 2.63. The summed E-state index contributed by atoms with van der Waals surface area (Å²) in [6.07, 6.45) is 1.73. The van der Waals surface area contributed by atoms with Crippen molar-refractivity contribution < 1.29 is 4.79 Å². The number of hydrogen-bond donors (Lipinski definition) is 1. The van der Waals surface area contributed by atoms with Crippen LogP contribution in [0, 0.1) is 0 Å². The zero-order valence-electron chi connectivity index (χ0n) is 10.1. The minimum Gasteiger partial charge on any atom is -0.342 e. The number of nitrogens with one attached hydrogen (secondary N) is 1. The van der Waals surface area contributed by atoms with Crippen molar-refractivity contribution in [1.82, 2.24) is 4.57 Å². The molecule has 100 valence electrons. The van der Waals surface area contributed by atoms with Crippen LogP contribution in [0.4, 0.5) is 5.69 Å². The molecule has 0 radical (unpaired) electrons. The van der Waals surface area contributed by atoms with E-state index in [2.05, 4.69) is 21.2 Å². The Bertz CT molecular complexity index is 625. The van der Waals surface area contributed by atoms with E-state index in [0.29, 0.717) is 28.0 Å². The number of carbonyl (C=O) groups excluding carboxylic acids is 1. The molecule has 19 heavy (non-hydrogen) atoms. The number of anilines is 1. The molecule has 1 aromatic carbocycles. The molecule has 0 fully saturated rings. The molecule has 2 rings (SSSR count). The van der Waals surface area contributed by atoms with Crippen LogP contribution in [0.2, 0.25) is 10.0 Å². The summed E-state index contributed by atoms with van der Waals surface area (Å²) in [5, 5.41) is 3.96. The number of rotatable bonds is 3. The summed E-state index contributed by atoms with van der Waals surface area (Å²) in [5.41, 5.74) is 1.18. The molecule has 1 heterocycles. The molecule has 0 saturated carbocycles. The summed E-state index contributed by atoms with van der Waals surface area (Å²) in [6, 6.07) is 6.83. The zero-order chi connectivity index (χ0) is 14.0. The van der Waals surface area contributed by atoms with Gasteiger partial charge in [-0.2, -0.15) is 0 Å².